The summed E-state index contributed by atoms with van der Waals surface area (Å²) in [5.41, 5.74) is 7.07. The molecule has 0 aliphatic carbocycles. The summed E-state index contributed by atoms with van der Waals surface area (Å²) in [7, 11) is 0. The van der Waals surface area contributed by atoms with Crippen molar-refractivity contribution in [1.29, 1.82) is 10.5 Å². The Morgan fingerprint density at radius 1 is 0.970 bits per heavy atom. The van der Waals surface area contributed by atoms with Crippen LogP contribution in [-0.4, -0.2) is 48.0 Å². The molecule has 0 amide bonds. The Morgan fingerprint density at radius 3 is 1.97 bits per heavy atom. The third kappa shape index (κ3) is 7.27. The molecule has 0 bridgehead atoms. The Labute approximate surface area is 195 Å². The normalized spacial score (nSPS) is 20.1. The second-order valence-electron chi connectivity index (χ2n) is 8.74. The number of ketones is 1. The zero-order valence-electron chi connectivity index (χ0n) is 19.2. The average Bonchev–Trinajstić information content (AvgIpc) is 2.84. The molecule has 2 N–H and O–H groups in total. The van der Waals surface area contributed by atoms with Crippen molar-refractivity contribution >= 4 is 17.4 Å². The third-order valence-electron chi connectivity index (χ3n) is 5.95. The minimum atomic E-state index is 0.246. The summed E-state index contributed by atoms with van der Waals surface area (Å²) in [5, 5.41) is 17.4. The Balaban J connectivity index is 0.000000189. The largest absolute Gasteiger partial charge is 0.356 e. The number of hydrogen-bond acceptors (Lipinski definition) is 8. The molecule has 0 saturated carbocycles. The maximum atomic E-state index is 11.2. The molecular weight excluding hydrogens is 414 g/mol. The zero-order chi connectivity index (χ0) is 23.6. The van der Waals surface area contributed by atoms with E-state index >= 15 is 0 Å². The first-order valence-corrected chi connectivity index (χ1v) is 11.5. The summed E-state index contributed by atoms with van der Waals surface area (Å²) >= 11 is 0. The number of nitrogens with two attached hydrogens (primary N) is 1. The van der Waals surface area contributed by atoms with Gasteiger partial charge in [-0.3, -0.25) is 0 Å². The minimum absolute atomic E-state index is 0.246. The van der Waals surface area contributed by atoms with Crippen molar-refractivity contribution in [2.24, 2.45) is 11.7 Å². The van der Waals surface area contributed by atoms with Gasteiger partial charge in [0.2, 0.25) is 0 Å². The van der Waals surface area contributed by atoms with Gasteiger partial charge in [-0.05, 0) is 62.8 Å². The molecule has 2 saturated heterocycles. The molecule has 2 aromatic rings. The lowest BCUT2D eigenvalue weighted by molar-refractivity contribution is -0.117. The van der Waals surface area contributed by atoms with Gasteiger partial charge in [0, 0.05) is 51.0 Å². The summed E-state index contributed by atoms with van der Waals surface area (Å²) < 4.78 is 0. The molecule has 2 atom stereocenters. The van der Waals surface area contributed by atoms with E-state index in [9.17, 15) is 4.79 Å². The molecule has 4 heterocycles. The van der Waals surface area contributed by atoms with Crippen molar-refractivity contribution in [3.05, 3.63) is 47.8 Å². The number of pyridine rings is 2. The van der Waals surface area contributed by atoms with E-state index in [0.29, 0.717) is 23.5 Å². The number of aromatic nitrogens is 2. The highest BCUT2D eigenvalue weighted by molar-refractivity contribution is 5.75. The Kier molecular flexibility index (Phi) is 8.74. The molecule has 172 valence electrons. The molecule has 2 aliphatic heterocycles. The van der Waals surface area contributed by atoms with Gasteiger partial charge in [0.15, 0.2) is 0 Å². The summed E-state index contributed by atoms with van der Waals surface area (Å²) in [6, 6.07) is 11.7. The second-order valence-corrected chi connectivity index (χ2v) is 8.74. The highest BCUT2D eigenvalue weighted by atomic mass is 16.1. The van der Waals surface area contributed by atoms with Crippen molar-refractivity contribution in [2.45, 2.75) is 45.1 Å². The number of anilines is 2. The minimum Gasteiger partial charge on any atom is -0.356 e. The van der Waals surface area contributed by atoms with Crippen LogP contribution in [0.4, 0.5) is 11.6 Å². The molecule has 0 aromatic carbocycles. The smallest absolute Gasteiger partial charge is 0.130 e. The Morgan fingerprint density at radius 2 is 1.52 bits per heavy atom. The van der Waals surface area contributed by atoms with Crippen LogP contribution in [0.3, 0.4) is 0 Å². The van der Waals surface area contributed by atoms with Gasteiger partial charge >= 0.3 is 0 Å². The molecule has 8 nitrogen and oxygen atoms in total. The number of carbonyl (C=O) groups excluding carboxylic acids is 1. The highest BCUT2D eigenvalue weighted by Crippen LogP contribution is 2.24. The van der Waals surface area contributed by atoms with Crippen LogP contribution in [0.25, 0.3) is 0 Å². The lowest BCUT2D eigenvalue weighted by Gasteiger charge is -2.33. The van der Waals surface area contributed by atoms with Crippen molar-refractivity contribution < 1.29 is 4.79 Å². The van der Waals surface area contributed by atoms with Crippen LogP contribution in [-0.2, 0) is 4.79 Å². The highest BCUT2D eigenvalue weighted by Gasteiger charge is 2.22. The van der Waals surface area contributed by atoms with E-state index in [1.54, 1.807) is 31.5 Å². The fraction of sp³-hybridized carbons (Fsp3) is 0.480. The molecule has 2 unspecified atom stereocenters. The molecule has 2 fully saturated rings. The fourth-order valence-electron chi connectivity index (χ4n) is 4.34. The van der Waals surface area contributed by atoms with Gasteiger partial charge in [0.1, 0.15) is 29.6 Å². The van der Waals surface area contributed by atoms with Crippen LogP contribution in [0, 0.1) is 28.6 Å². The van der Waals surface area contributed by atoms with E-state index in [4.69, 9.17) is 16.3 Å². The molecule has 2 aromatic heterocycles. The maximum Gasteiger partial charge on any atom is 0.130 e. The van der Waals surface area contributed by atoms with Crippen molar-refractivity contribution in [3.63, 3.8) is 0 Å². The number of nitriles is 2. The SMILES string of the molecule is CC(=O)CC1CCCN(c2ccc(C#N)cn2)C1.N#Cc1ccc(N2CCCC(N)C2)nc1. The number of hydrogen-bond donors (Lipinski definition) is 1. The molecule has 2 aliphatic rings. The standard InChI is InChI=1S/C14H17N3O.C11H14N4/c1-11(18)7-12-3-2-6-17(10-12)14-5-4-13(8-15)9-16-14;12-6-9-3-4-11(14-7-9)15-5-1-2-10(13)8-15/h4-5,9,12H,2-3,6-7,10H2,1H3;3-4,7,10H,1-2,5,8,13H2. The van der Waals surface area contributed by atoms with Gasteiger partial charge in [-0.1, -0.05) is 0 Å². The number of piperidine rings is 2. The molecule has 0 radical (unpaired) electrons. The summed E-state index contributed by atoms with van der Waals surface area (Å²) in [6.45, 7) is 5.39. The average molecular weight is 446 g/mol. The van der Waals surface area contributed by atoms with Gasteiger partial charge in [-0.15, -0.1) is 0 Å². The zero-order valence-corrected chi connectivity index (χ0v) is 19.2. The fourth-order valence-corrected chi connectivity index (χ4v) is 4.34. The quantitative estimate of drug-likeness (QED) is 0.762. The van der Waals surface area contributed by atoms with Gasteiger partial charge in [0.25, 0.3) is 0 Å². The monoisotopic (exact) mass is 445 g/mol. The van der Waals surface area contributed by atoms with E-state index in [1.165, 1.54) is 0 Å². The molecule has 0 spiro atoms. The number of Topliss-reactive ketones (excluding diaryl/α,β-unsaturated/α-hetero) is 1. The van der Waals surface area contributed by atoms with Gasteiger partial charge < -0.3 is 20.3 Å². The first-order chi connectivity index (χ1) is 16.0. The molecule has 4 rings (SSSR count). The first-order valence-electron chi connectivity index (χ1n) is 11.5. The summed E-state index contributed by atoms with van der Waals surface area (Å²) in [4.78, 5) is 24.1. The predicted molar refractivity (Wildman–Crippen MR) is 128 cm³/mol. The lowest BCUT2D eigenvalue weighted by Crippen LogP contribution is -2.43. The molecule has 33 heavy (non-hydrogen) atoms. The number of carbonyl (C=O) groups is 1. The first kappa shape index (κ1) is 24.2. The Bertz CT molecular complexity index is 991. The summed E-state index contributed by atoms with van der Waals surface area (Å²) in [6.07, 6.45) is 8.29. The third-order valence-corrected chi connectivity index (χ3v) is 5.95. The van der Waals surface area contributed by atoms with E-state index in [2.05, 4.69) is 31.9 Å². The number of rotatable bonds is 4. The topological polar surface area (TPSA) is 123 Å². The van der Waals surface area contributed by atoms with E-state index in [1.807, 2.05) is 12.1 Å². The van der Waals surface area contributed by atoms with Crippen molar-refractivity contribution in [1.82, 2.24) is 9.97 Å². The van der Waals surface area contributed by atoms with Crippen LogP contribution in [0.5, 0.6) is 0 Å². The van der Waals surface area contributed by atoms with E-state index < -0.39 is 0 Å². The van der Waals surface area contributed by atoms with Crippen LogP contribution in [0.2, 0.25) is 0 Å². The Hall–Kier alpha value is -3.49. The molecular formula is C25H31N7O. The van der Waals surface area contributed by atoms with Crippen molar-refractivity contribution in [3.8, 4) is 12.1 Å². The number of nitrogens with zero attached hydrogens (tertiary/aromatic N) is 6. The van der Waals surface area contributed by atoms with Crippen LogP contribution >= 0.6 is 0 Å². The summed E-state index contributed by atoms with van der Waals surface area (Å²) in [5.74, 6) is 2.52. The lowest BCUT2D eigenvalue weighted by atomic mass is 9.93. The van der Waals surface area contributed by atoms with Gasteiger partial charge in [-0.2, -0.15) is 10.5 Å². The van der Waals surface area contributed by atoms with Crippen LogP contribution < -0.4 is 15.5 Å². The second kappa shape index (κ2) is 11.9. The van der Waals surface area contributed by atoms with Crippen LogP contribution in [0.15, 0.2) is 36.7 Å². The van der Waals surface area contributed by atoms with Gasteiger partial charge in [0.05, 0.1) is 11.1 Å². The predicted octanol–water partition coefficient (Wildman–Crippen LogP) is 3.03. The van der Waals surface area contributed by atoms with Crippen molar-refractivity contribution in [2.75, 3.05) is 36.0 Å². The van der Waals surface area contributed by atoms with E-state index in [-0.39, 0.29) is 11.8 Å². The van der Waals surface area contributed by atoms with Crippen LogP contribution in [0.1, 0.15) is 50.2 Å². The maximum absolute atomic E-state index is 11.2. The van der Waals surface area contributed by atoms with E-state index in [0.717, 1.165) is 63.5 Å². The van der Waals surface area contributed by atoms with Gasteiger partial charge in [-0.25, -0.2) is 9.97 Å². The molecule has 8 heteroatoms.